The Balaban J connectivity index is 2.51. The van der Waals surface area contributed by atoms with Crippen LogP contribution in [0.15, 0.2) is 18.2 Å². The van der Waals surface area contributed by atoms with Crippen LogP contribution >= 0.6 is 0 Å². The number of nitrogens with two attached hydrogens (primary N) is 1. The van der Waals surface area contributed by atoms with Gasteiger partial charge >= 0.3 is 0 Å². The Morgan fingerprint density at radius 1 is 1.46 bits per heavy atom. The molecule has 2 atom stereocenters. The highest BCUT2D eigenvalue weighted by molar-refractivity contribution is 5.38. The quantitative estimate of drug-likeness (QED) is 0.657. The summed E-state index contributed by atoms with van der Waals surface area (Å²) in [5, 5.41) is 0. The molecule has 0 saturated carbocycles. The van der Waals surface area contributed by atoms with Gasteiger partial charge in [0.1, 0.15) is 0 Å². The van der Waals surface area contributed by atoms with E-state index in [-0.39, 0.29) is 12.1 Å². The van der Waals surface area contributed by atoms with Crippen LogP contribution in [-0.2, 0) is 11.3 Å². The van der Waals surface area contributed by atoms with Gasteiger partial charge in [0.25, 0.3) is 0 Å². The first-order valence-electron chi connectivity index (χ1n) is 4.65. The lowest BCUT2D eigenvalue weighted by Crippen LogP contribution is -2.32. The lowest BCUT2D eigenvalue weighted by atomic mass is 9.91. The van der Waals surface area contributed by atoms with E-state index in [0.29, 0.717) is 6.61 Å². The van der Waals surface area contributed by atoms with Gasteiger partial charge in [0, 0.05) is 0 Å². The molecule has 0 saturated heterocycles. The van der Waals surface area contributed by atoms with Crippen molar-refractivity contribution in [1.82, 2.24) is 0 Å². The summed E-state index contributed by atoms with van der Waals surface area (Å²) >= 11 is 0. The predicted octanol–water partition coefficient (Wildman–Crippen LogP) is 1.91. The molecule has 2 rings (SSSR count). The predicted molar refractivity (Wildman–Crippen MR) is 52.4 cm³/mol. The van der Waals surface area contributed by atoms with E-state index in [0.717, 1.165) is 0 Å². The van der Waals surface area contributed by atoms with Crippen molar-refractivity contribution in [3.8, 4) is 0 Å². The van der Waals surface area contributed by atoms with E-state index >= 15 is 0 Å². The minimum absolute atomic E-state index is 0.0324. The lowest BCUT2D eigenvalue weighted by Gasteiger charge is -2.30. The maximum absolute atomic E-state index is 6.07. The van der Waals surface area contributed by atoms with Gasteiger partial charge in [-0.25, -0.2) is 0 Å². The fraction of sp³-hybridized carbons (Fsp3) is 0.455. The molecule has 1 heterocycles. The molecule has 70 valence electrons. The molecule has 0 aliphatic carbocycles. The first kappa shape index (κ1) is 8.73. The van der Waals surface area contributed by atoms with Crippen molar-refractivity contribution in [2.24, 2.45) is 5.73 Å². The fourth-order valence-electron chi connectivity index (χ4n) is 1.90. The van der Waals surface area contributed by atoms with E-state index in [1.54, 1.807) is 0 Å². The smallest absolute Gasteiger partial charge is 0.0744 e. The van der Waals surface area contributed by atoms with Crippen LogP contribution in [0.5, 0.6) is 0 Å². The second-order valence-corrected chi connectivity index (χ2v) is 3.69. The molecule has 0 bridgehead atoms. The monoisotopic (exact) mass is 177 g/mol. The van der Waals surface area contributed by atoms with Gasteiger partial charge in [0.05, 0.1) is 18.8 Å². The van der Waals surface area contributed by atoms with E-state index in [9.17, 15) is 0 Å². The second kappa shape index (κ2) is 3.13. The Morgan fingerprint density at radius 3 is 3.00 bits per heavy atom. The first-order valence-corrected chi connectivity index (χ1v) is 4.65. The number of hydrogen-bond acceptors (Lipinski definition) is 2. The largest absolute Gasteiger partial charge is 0.372 e. The highest BCUT2D eigenvalue weighted by atomic mass is 16.5. The molecule has 2 N–H and O–H groups in total. The van der Waals surface area contributed by atoms with E-state index in [1.165, 1.54) is 16.7 Å². The molecule has 1 aromatic rings. The van der Waals surface area contributed by atoms with Crippen molar-refractivity contribution in [2.75, 3.05) is 0 Å². The molecule has 1 aliphatic rings. The number of aryl methyl sites for hydroxylation is 1. The molecule has 0 amide bonds. The summed E-state index contributed by atoms with van der Waals surface area (Å²) in [7, 11) is 0. The van der Waals surface area contributed by atoms with E-state index in [2.05, 4.69) is 25.1 Å². The molecule has 13 heavy (non-hydrogen) atoms. The highest BCUT2D eigenvalue weighted by Crippen LogP contribution is 2.29. The zero-order valence-corrected chi connectivity index (χ0v) is 8.08. The molecular weight excluding hydrogens is 162 g/mol. The SMILES string of the molecule is Cc1cccc2c1[C@@H](N)[C@H](C)OC2. The Hall–Kier alpha value is -0.860. The maximum Gasteiger partial charge on any atom is 0.0744 e. The van der Waals surface area contributed by atoms with E-state index in [4.69, 9.17) is 10.5 Å². The molecule has 0 spiro atoms. The molecule has 0 fully saturated rings. The molecule has 2 heteroatoms. The van der Waals surface area contributed by atoms with Crippen LogP contribution in [0.4, 0.5) is 0 Å². The van der Waals surface area contributed by atoms with Crippen LogP contribution in [0.3, 0.4) is 0 Å². The molecule has 1 aromatic carbocycles. The Labute approximate surface area is 78.7 Å². The number of ether oxygens (including phenoxy) is 1. The summed E-state index contributed by atoms with van der Waals surface area (Å²) < 4.78 is 5.55. The van der Waals surface area contributed by atoms with Gasteiger partial charge < -0.3 is 10.5 Å². The topological polar surface area (TPSA) is 35.2 Å². The standard InChI is InChI=1S/C11H15NO/c1-7-4-3-5-9-6-13-8(2)11(12)10(7)9/h3-5,8,11H,6,12H2,1-2H3/t8-,11-/m0/s1. The first-order chi connectivity index (χ1) is 6.20. The minimum atomic E-state index is 0.0324. The number of hydrogen-bond donors (Lipinski definition) is 1. The van der Waals surface area contributed by atoms with Crippen LogP contribution in [0.1, 0.15) is 29.7 Å². The highest BCUT2D eigenvalue weighted by Gasteiger charge is 2.24. The molecule has 1 aliphatic heterocycles. The van der Waals surface area contributed by atoms with Gasteiger partial charge in [0.15, 0.2) is 0 Å². The van der Waals surface area contributed by atoms with Crippen LogP contribution in [-0.4, -0.2) is 6.10 Å². The zero-order chi connectivity index (χ0) is 9.42. The van der Waals surface area contributed by atoms with Crippen molar-refractivity contribution < 1.29 is 4.74 Å². The Kier molecular flexibility index (Phi) is 2.10. The zero-order valence-electron chi connectivity index (χ0n) is 8.08. The van der Waals surface area contributed by atoms with Crippen molar-refractivity contribution in [2.45, 2.75) is 32.6 Å². The third kappa shape index (κ3) is 1.36. The Bertz CT molecular complexity index is 322. The summed E-state index contributed by atoms with van der Waals surface area (Å²) in [5.74, 6) is 0. The summed E-state index contributed by atoms with van der Waals surface area (Å²) in [4.78, 5) is 0. The normalized spacial score (nSPS) is 27.0. The average molecular weight is 177 g/mol. The van der Waals surface area contributed by atoms with Crippen molar-refractivity contribution >= 4 is 0 Å². The Morgan fingerprint density at radius 2 is 2.23 bits per heavy atom. The van der Waals surface area contributed by atoms with Crippen LogP contribution in [0, 0.1) is 6.92 Å². The third-order valence-electron chi connectivity index (χ3n) is 2.76. The second-order valence-electron chi connectivity index (χ2n) is 3.69. The van der Waals surface area contributed by atoms with Gasteiger partial charge in [-0.15, -0.1) is 0 Å². The number of rotatable bonds is 0. The molecule has 0 aromatic heterocycles. The number of benzene rings is 1. The molecule has 0 unspecified atom stereocenters. The van der Waals surface area contributed by atoms with Gasteiger partial charge in [0.2, 0.25) is 0 Å². The third-order valence-corrected chi connectivity index (χ3v) is 2.76. The van der Waals surface area contributed by atoms with Crippen molar-refractivity contribution in [3.05, 3.63) is 34.9 Å². The van der Waals surface area contributed by atoms with Gasteiger partial charge in [-0.05, 0) is 30.5 Å². The summed E-state index contributed by atoms with van der Waals surface area (Å²) in [5.41, 5.74) is 9.86. The molecular formula is C11H15NO. The minimum Gasteiger partial charge on any atom is -0.372 e. The summed E-state index contributed by atoms with van der Waals surface area (Å²) in [6.45, 7) is 4.84. The van der Waals surface area contributed by atoms with Crippen LogP contribution in [0.2, 0.25) is 0 Å². The summed E-state index contributed by atoms with van der Waals surface area (Å²) in [6.07, 6.45) is 0.133. The van der Waals surface area contributed by atoms with Crippen molar-refractivity contribution in [3.63, 3.8) is 0 Å². The van der Waals surface area contributed by atoms with E-state index in [1.807, 2.05) is 6.92 Å². The maximum atomic E-state index is 6.07. The fourth-order valence-corrected chi connectivity index (χ4v) is 1.90. The average Bonchev–Trinajstić information content (AvgIpc) is 2.12. The number of fused-ring (bicyclic) bond motifs is 1. The van der Waals surface area contributed by atoms with Crippen LogP contribution in [0.25, 0.3) is 0 Å². The molecule has 2 nitrogen and oxygen atoms in total. The lowest BCUT2D eigenvalue weighted by molar-refractivity contribution is 0.0211. The van der Waals surface area contributed by atoms with Gasteiger partial charge in [-0.2, -0.15) is 0 Å². The summed E-state index contributed by atoms with van der Waals surface area (Å²) in [6, 6.07) is 6.29. The van der Waals surface area contributed by atoms with Gasteiger partial charge in [-0.3, -0.25) is 0 Å². The molecule has 0 radical (unpaired) electrons. The van der Waals surface area contributed by atoms with E-state index < -0.39 is 0 Å². The van der Waals surface area contributed by atoms with Crippen molar-refractivity contribution in [1.29, 1.82) is 0 Å². The van der Waals surface area contributed by atoms with Crippen LogP contribution < -0.4 is 5.73 Å². The van der Waals surface area contributed by atoms with Gasteiger partial charge in [-0.1, -0.05) is 18.2 Å².